The van der Waals surface area contributed by atoms with E-state index >= 15 is 0 Å². The molecule has 0 saturated carbocycles. The van der Waals surface area contributed by atoms with Crippen molar-refractivity contribution in [3.63, 3.8) is 0 Å². The molecule has 3 N–H and O–H groups in total. The van der Waals surface area contributed by atoms with Crippen LogP contribution in [0.15, 0.2) is 59.8 Å². The van der Waals surface area contributed by atoms with Gasteiger partial charge in [-0.15, -0.1) is 0 Å². The number of nitrogens with one attached hydrogen (secondary N) is 3. The Bertz CT molecular complexity index is 1630. The summed E-state index contributed by atoms with van der Waals surface area (Å²) in [5.74, 6) is 6.80. The Balaban J connectivity index is 1.46. The highest BCUT2D eigenvalue weighted by molar-refractivity contribution is 5.77. The highest BCUT2D eigenvalue weighted by Gasteiger charge is 2.15. The molecule has 3 aromatic heterocycles. The lowest BCUT2D eigenvalue weighted by atomic mass is 10.1. The van der Waals surface area contributed by atoms with Crippen molar-refractivity contribution in [2.24, 2.45) is 5.92 Å². The average molecular weight is 565 g/mol. The van der Waals surface area contributed by atoms with Crippen molar-refractivity contribution in [1.29, 1.82) is 0 Å². The lowest BCUT2D eigenvalue weighted by Gasteiger charge is -2.24. The highest BCUT2D eigenvalue weighted by atomic mass is 16.1. The summed E-state index contributed by atoms with van der Waals surface area (Å²) >= 11 is 0. The molecule has 1 saturated heterocycles. The lowest BCUT2D eigenvalue weighted by Crippen LogP contribution is -2.38. The van der Waals surface area contributed by atoms with Gasteiger partial charge >= 0.3 is 0 Å². The third kappa shape index (κ3) is 7.52. The average Bonchev–Trinajstić information content (AvgIpc) is 2.99. The molecule has 0 amide bonds. The van der Waals surface area contributed by atoms with Crippen LogP contribution < -0.4 is 21.5 Å². The standard InChI is InChI=1S/C33H40N8O/c1-23(2)7-8-24-18-27-20-36-33(38-29-11-9-28(10-12-29)37-30-6-5-15-34-21-30)39-31(27)41(32(24)42)22-26-13-16-35-19-25(26)14-17-40(3)4/h9-13,16,18-20,23,30,34,37H,5-6,14-15,17,21-22H2,1-4H3,(H,36,38,39). The summed E-state index contributed by atoms with van der Waals surface area (Å²) in [6, 6.07) is 12.4. The van der Waals surface area contributed by atoms with Gasteiger partial charge in [0.05, 0.1) is 12.1 Å². The summed E-state index contributed by atoms with van der Waals surface area (Å²) in [5.41, 5.74) is 4.94. The second-order valence-electron chi connectivity index (χ2n) is 11.4. The van der Waals surface area contributed by atoms with Gasteiger partial charge in [0.2, 0.25) is 5.95 Å². The molecule has 9 heteroatoms. The first-order chi connectivity index (χ1) is 20.4. The van der Waals surface area contributed by atoms with E-state index in [1.807, 2.05) is 38.2 Å². The van der Waals surface area contributed by atoms with Crippen LogP contribution in [-0.2, 0) is 13.0 Å². The van der Waals surface area contributed by atoms with Crippen LogP contribution in [0.5, 0.6) is 0 Å². The number of fused-ring (bicyclic) bond motifs is 1. The maximum Gasteiger partial charge on any atom is 0.268 e. The van der Waals surface area contributed by atoms with Gasteiger partial charge < -0.3 is 20.9 Å². The molecule has 4 aromatic rings. The molecule has 5 rings (SSSR count). The molecule has 9 nitrogen and oxygen atoms in total. The fourth-order valence-corrected chi connectivity index (χ4v) is 5.02. The van der Waals surface area contributed by atoms with Crippen LogP contribution in [0.2, 0.25) is 0 Å². The lowest BCUT2D eigenvalue weighted by molar-refractivity contribution is 0.413. The monoisotopic (exact) mass is 564 g/mol. The van der Waals surface area contributed by atoms with Crippen molar-refractivity contribution in [2.75, 3.05) is 44.4 Å². The van der Waals surface area contributed by atoms with Gasteiger partial charge in [0.25, 0.3) is 5.56 Å². The molecule has 4 heterocycles. The van der Waals surface area contributed by atoms with E-state index in [1.54, 1.807) is 23.0 Å². The van der Waals surface area contributed by atoms with E-state index in [2.05, 4.69) is 68.9 Å². The SMILES string of the molecule is CC(C)C#Cc1cc2cnc(Nc3ccc(NC4CCCNC4)cc3)nc2n(Cc2ccncc2CCN(C)C)c1=O. The molecule has 1 aromatic carbocycles. The van der Waals surface area contributed by atoms with Gasteiger partial charge in [0, 0.05) is 60.4 Å². The molecular weight excluding hydrogens is 524 g/mol. The third-order valence-corrected chi connectivity index (χ3v) is 7.29. The second kappa shape index (κ2) is 13.6. The largest absolute Gasteiger partial charge is 0.381 e. The summed E-state index contributed by atoms with van der Waals surface area (Å²) < 4.78 is 1.71. The van der Waals surface area contributed by atoms with Gasteiger partial charge in [-0.25, -0.2) is 4.98 Å². The Morgan fingerprint density at radius 3 is 2.67 bits per heavy atom. The van der Waals surface area contributed by atoms with E-state index in [-0.39, 0.29) is 11.5 Å². The van der Waals surface area contributed by atoms with Gasteiger partial charge in [-0.2, -0.15) is 4.98 Å². The number of hydrogen-bond acceptors (Lipinski definition) is 8. The zero-order valence-corrected chi connectivity index (χ0v) is 24.9. The number of nitrogens with zero attached hydrogens (tertiary/aromatic N) is 5. The number of anilines is 3. The van der Waals surface area contributed by atoms with Crippen LogP contribution in [0.3, 0.4) is 0 Å². The number of hydrogen-bond donors (Lipinski definition) is 3. The quantitative estimate of drug-likeness (QED) is 0.260. The van der Waals surface area contributed by atoms with Crippen LogP contribution in [0.25, 0.3) is 11.0 Å². The van der Waals surface area contributed by atoms with Crippen molar-refractivity contribution in [3.8, 4) is 11.8 Å². The Labute approximate surface area is 247 Å². The summed E-state index contributed by atoms with van der Waals surface area (Å²) in [6.07, 6.45) is 8.61. The van der Waals surface area contributed by atoms with E-state index < -0.39 is 0 Å². The Kier molecular flexibility index (Phi) is 9.47. The molecule has 0 bridgehead atoms. The van der Waals surface area contributed by atoms with E-state index in [1.165, 1.54) is 12.8 Å². The Hall–Kier alpha value is -4.26. The summed E-state index contributed by atoms with van der Waals surface area (Å²) in [4.78, 5) is 29.7. The van der Waals surface area contributed by atoms with Crippen LogP contribution in [0.4, 0.5) is 17.3 Å². The topological polar surface area (TPSA) is 100 Å². The van der Waals surface area contributed by atoms with Crippen LogP contribution in [-0.4, -0.2) is 64.2 Å². The molecule has 1 aliphatic rings. The predicted molar refractivity (Wildman–Crippen MR) is 170 cm³/mol. The number of rotatable bonds is 9. The smallest absolute Gasteiger partial charge is 0.268 e. The second-order valence-corrected chi connectivity index (χ2v) is 11.4. The molecule has 1 atom stereocenters. The van der Waals surface area contributed by atoms with Crippen molar-refractivity contribution in [2.45, 2.75) is 45.7 Å². The van der Waals surface area contributed by atoms with Crippen LogP contribution >= 0.6 is 0 Å². The molecule has 1 unspecified atom stereocenters. The number of likely N-dealkylation sites (N-methyl/N-ethyl adjacent to an activating group) is 1. The molecular formula is C33H40N8O. The van der Waals surface area contributed by atoms with E-state index in [9.17, 15) is 4.79 Å². The maximum absolute atomic E-state index is 13.8. The number of piperidine rings is 1. The fraction of sp³-hybridized carbons (Fsp3) is 0.394. The van der Waals surface area contributed by atoms with E-state index in [4.69, 9.17) is 4.98 Å². The van der Waals surface area contributed by atoms with Crippen molar-refractivity contribution in [1.82, 2.24) is 29.7 Å². The van der Waals surface area contributed by atoms with Gasteiger partial charge in [0.15, 0.2) is 0 Å². The van der Waals surface area contributed by atoms with Crippen LogP contribution in [0, 0.1) is 17.8 Å². The molecule has 0 radical (unpaired) electrons. The zero-order chi connectivity index (χ0) is 29.5. The zero-order valence-electron chi connectivity index (χ0n) is 24.9. The maximum atomic E-state index is 13.8. The molecule has 218 valence electrons. The van der Waals surface area contributed by atoms with Crippen LogP contribution in [0.1, 0.15) is 43.4 Å². The first-order valence-corrected chi connectivity index (χ1v) is 14.7. The fourth-order valence-electron chi connectivity index (χ4n) is 5.02. The van der Waals surface area contributed by atoms with Crippen molar-refractivity contribution in [3.05, 3.63) is 82.0 Å². The number of pyridine rings is 2. The molecule has 0 aliphatic carbocycles. The van der Waals surface area contributed by atoms with E-state index in [0.717, 1.165) is 53.9 Å². The van der Waals surface area contributed by atoms with Gasteiger partial charge in [-0.1, -0.05) is 25.7 Å². The minimum absolute atomic E-state index is 0.148. The van der Waals surface area contributed by atoms with Gasteiger partial charge in [-0.05, 0) is 87.4 Å². The predicted octanol–water partition coefficient (Wildman–Crippen LogP) is 4.25. The molecule has 1 fully saturated rings. The number of aromatic nitrogens is 4. The minimum Gasteiger partial charge on any atom is -0.381 e. The summed E-state index contributed by atoms with van der Waals surface area (Å²) in [6.45, 7) is 7.34. The van der Waals surface area contributed by atoms with Gasteiger partial charge in [-0.3, -0.25) is 14.3 Å². The normalized spacial score (nSPS) is 15.0. The molecule has 0 spiro atoms. The summed E-state index contributed by atoms with van der Waals surface area (Å²) in [5, 5.41) is 11.1. The highest BCUT2D eigenvalue weighted by Crippen LogP contribution is 2.21. The van der Waals surface area contributed by atoms with E-state index in [0.29, 0.717) is 29.7 Å². The van der Waals surface area contributed by atoms with Crippen molar-refractivity contribution < 1.29 is 0 Å². The Morgan fingerprint density at radius 2 is 1.93 bits per heavy atom. The first kappa shape index (κ1) is 29.2. The third-order valence-electron chi connectivity index (χ3n) is 7.29. The van der Waals surface area contributed by atoms with Crippen molar-refractivity contribution >= 4 is 28.4 Å². The molecule has 1 aliphatic heterocycles. The summed E-state index contributed by atoms with van der Waals surface area (Å²) in [7, 11) is 4.10. The number of benzene rings is 1. The van der Waals surface area contributed by atoms with Gasteiger partial charge in [0.1, 0.15) is 5.65 Å². The Morgan fingerprint density at radius 1 is 1.12 bits per heavy atom. The molecule has 42 heavy (non-hydrogen) atoms. The first-order valence-electron chi connectivity index (χ1n) is 14.7. The minimum atomic E-state index is -0.164.